The number of carbonyl (C=O) groups excluding carboxylic acids is 2. The van der Waals surface area contributed by atoms with E-state index < -0.39 is 9.84 Å². The highest BCUT2D eigenvalue weighted by Gasteiger charge is 2.49. The van der Waals surface area contributed by atoms with Crippen LogP contribution in [0.1, 0.15) is 13.3 Å². The molecule has 0 aliphatic carbocycles. The third-order valence-corrected chi connectivity index (χ3v) is 5.73. The topological polar surface area (TPSA) is 83.6 Å². The van der Waals surface area contributed by atoms with E-state index in [0.29, 0.717) is 11.4 Å². The molecule has 2 amide bonds. The fourth-order valence-electron chi connectivity index (χ4n) is 3.13. The number of sulfone groups is 1. The molecule has 0 spiro atoms. The van der Waals surface area contributed by atoms with E-state index in [4.69, 9.17) is 0 Å². The van der Waals surface area contributed by atoms with Gasteiger partial charge in [0.15, 0.2) is 9.84 Å². The summed E-state index contributed by atoms with van der Waals surface area (Å²) in [5.41, 5.74) is 1.33. The summed E-state index contributed by atoms with van der Waals surface area (Å²) in [5.74, 6) is -0.160. The maximum absolute atomic E-state index is 12.1. The summed E-state index contributed by atoms with van der Waals surface area (Å²) in [6.07, 6.45) is 0.289. The van der Waals surface area contributed by atoms with Crippen LogP contribution in [-0.2, 0) is 19.4 Å². The van der Waals surface area contributed by atoms with Crippen molar-refractivity contribution in [3.05, 3.63) is 24.3 Å². The largest absolute Gasteiger partial charge is 0.326 e. The lowest BCUT2D eigenvalue weighted by atomic mass is 10.0. The molecule has 0 unspecified atom stereocenters. The summed E-state index contributed by atoms with van der Waals surface area (Å²) in [4.78, 5) is 24.7. The van der Waals surface area contributed by atoms with Gasteiger partial charge >= 0.3 is 0 Å². The lowest BCUT2D eigenvalue weighted by Crippen LogP contribution is -2.36. The third-order valence-electron chi connectivity index (χ3n) is 3.94. The Labute approximate surface area is 123 Å². The molecule has 2 aliphatic heterocycles. The minimum absolute atomic E-state index is 0.0350. The molecule has 2 heterocycles. The van der Waals surface area contributed by atoms with Crippen LogP contribution in [0.5, 0.6) is 0 Å². The van der Waals surface area contributed by atoms with Crippen molar-refractivity contribution >= 4 is 33.0 Å². The number of carbonyl (C=O) groups is 2. The molecule has 112 valence electrons. The van der Waals surface area contributed by atoms with E-state index in [1.807, 2.05) is 0 Å². The molecule has 21 heavy (non-hydrogen) atoms. The number of hydrogen-bond donors (Lipinski definition) is 1. The minimum atomic E-state index is -3.04. The molecule has 0 saturated carbocycles. The predicted octanol–water partition coefficient (Wildman–Crippen LogP) is 0.795. The maximum Gasteiger partial charge on any atom is 0.227 e. The van der Waals surface area contributed by atoms with Crippen LogP contribution in [0, 0.1) is 5.92 Å². The number of amides is 2. The van der Waals surface area contributed by atoms with Gasteiger partial charge in [-0.1, -0.05) is 0 Å². The SMILES string of the molecule is CC(=O)Nc1ccc(N2C(=O)C[C@@H]3CS(=O)(=O)C[C@@H]32)cc1. The van der Waals surface area contributed by atoms with Crippen LogP contribution < -0.4 is 10.2 Å². The first kappa shape index (κ1) is 14.1. The second kappa shape index (κ2) is 4.84. The van der Waals surface area contributed by atoms with Gasteiger partial charge in [0, 0.05) is 30.6 Å². The summed E-state index contributed by atoms with van der Waals surface area (Å²) in [6.45, 7) is 1.42. The average Bonchev–Trinajstić information content (AvgIpc) is 2.80. The fraction of sp³-hybridized carbons (Fsp3) is 0.429. The van der Waals surface area contributed by atoms with Crippen LogP contribution in [0.2, 0.25) is 0 Å². The molecule has 0 bridgehead atoms. The zero-order chi connectivity index (χ0) is 15.2. The molecule has 6 nitrogen and oxygen atoms in total. The number of anilines is 2. The summed E-state index contributed by atoms with van der Waals surface area (Å²) >= 11 is 0. The standard InChI is InChI=1S/C14H16N2O4S/c1-9(17)15-11-2-4-12(5-3-11)16-13-8-21(19,20)7-10(13)6-14(16)18/h2-5,10,13H,6-8H2,1H3,(H,15,17)/t10-,13+/m1/s1. The number of benzene rings is 1. The highest BCUT2D eigenvalue weighted by molar-refractivity contribution is 7.91. The van der Waals surface area contributed by atoms with Gasteiger partial charge in [0.05, 0.1) is 17.5 Å². The highest BCUT2D eigenvalue weighted by Crippen LogP contribution is 2.37. The summed E-state index contributed by atoms with van der Waals surface area (Å²) < 4.78 is 23.4. The van der Waals surface area contributed by atoms with E-state index in [9.17, 15) is 18.0 Å². The normalized spacial score (nSPS) is 26.7. The van der Waals surface area contributed by atoms with Crippen molar-refractivity contribution in [3.8, 4) is 0 Å². The van der Waals surface area contributed by atoms with E-state index in [2.05, 4.69) is 5.32 Å². The Morgan fingerprint density at radius 2 is 1.90 bits per heavy atom. The first-order chi connectivity index (χ1) is 9.85. The van der Waals surface area contributed by atoms with E-state index in [-0.39, 0.29) is 41.7 Å². The van der Waals surface area contributed by atoms with Crippen molar-refractivity contribution in [2.45, 2.75) is 19.4 Å². The van der Waals surface area contributed by atoms with Gasteiger partial charge in [-0.15, -0.1) is 0 Å². The van der Waals surface area contributed by atoms with E-state index in [0.717, 1.165) is 0 Å². The van der Waals surface area contributed by atoms with E-state index in [1.165, 1.54) is 6.92 Å². The van der Waals surface area contributed by atoms with Gasteiger partial charge in [-0.3, -0.25) is 9.59 Å². The molecule has 1 aromatic carbocycles. The smallest absolute Gasteiger partial charge is 0.227 e. The Kier molecular flexibility index (Phi) is 3.24. The van der Waals surface area contributed by atoms with Gasteiger partial charge < -0.3 is 10.2 Å². The zero-order valence-corrected chi connectivity index (χ0v) is 12.4. The van der Waals surface area contributed by atoms with Gasteiger partial charge in [0.1, 0.15) is 0 Å². The molecule has 2 atom stereocenters. The minimum Gasteiger partial charge on any atom is -0.326 e. The number of rotatable bonds is 2. The number of nitrogens with zero attached hydrogens (tertiary/aromatic N) is 1. The van der Waals surface area contributed by atoms with E-state index in [1.54, 1.807) is 29.2 Å². The number of fused-ring (bicyclic) bond motifs is 1. The second-order valence-corrected chi connectivity index (χ2v) is 7.75. The van der Waals surface area contributed by atoms with Crippen molar-refractivity contribution in [2.24, 2.45) is 5.92 Å². The molecule has 0 radical (unpaired) electrons. The quantitative estimate of drug-likeness (QED) is 0.875. The maximum atomic E-state index is 12.1. The van der Waals surface area contributed by atoms with Gasteiger partial charge in [-0.25, -0.2) is 8.42 Å². The molecule has 1 N–H and O–H groups in total. The first-order valence-electron chi connectivity index (χ1n) is 6.76. The molecule has 1 aromatic rings. The monoisotopic (exact) mass is 308 g/mol. The summed E-state index contributed by atoms with van der Waals surface area (Å²) in [6, 6.07) is 6.63. The van der Waals surface area contributed by atoms with Crippen LogP contribution in [0.4, 0.5) is 11.4 Å². The molecule has 0 aromatic heterocycles. The molecular weight excluding hydrogens is 292 g/mol. The van der Waals surface area contributed by atoms with Crippen molar-refractivity contribution in [1.82, 2.24) is 0 Å². The Hall–Kier alpha value is -1.89. The van der Waals surface area contributed by atoms with Crippen molar-refractivity contribution in [3.63, 3.8) is 0 Å². The molecule has 2 aliphatic rings. The Balaban J connectivity index is 1.85. The second-order valence-electron chi connectivity index (χ2n) is 5.60. The predicted molar refractivity (Wildman–Crippen MR) is 78.8 cm³/mol. The highest BCUT2D eigenvalue weighted by atomic mass is 32.2. The van der Waals surface area contributed by atoms with Crippen molar-refractivity contribution < 1.29 is 18.0 Å². The summed E-state index contributed by atoms with van der Waals surface area (Å²) in [5, 5.41) is 2.65. The van der Waals surface area contributed by atoms with Gasteiger partial charge in [-0.2, -0.15) is 0 Å². The Bertz CT molecular complexity index is 696. The third kappa shape index (κ3) is 2.65. The van der Waals surface area contributed by atoms with Crippen LogP contribution in [-0.4, -0.2) is 37.8 Å². The van der Waals surface area contributed by atoms with Gasteiger partial charge in [0.25, 0.3) is 0 Å². The van der Waals surface area contributed by atoms with Gasteiger partial charge in [-0.05, 0) is 24.3 Å². The molecule has 7 heteroatoms. The molecule has 2 fully saturated rings. The Morgan fingerprint density at radius 3 is 2.52 bits per heavy atom. The first-order valence-corrected chi connectivity index (χ1v) is 8.58. The van der Waals surface area contributed by atoms with Crippen LogP contribution in [0.3, 0.4) is 0 Å². The van der Waals surface area contributed by atoms with E-state index >= 15 is 0 Å². The molecule has 2 saturated heterocycles. The van der Waals surface area contributed by atoms with Gasteiger partial charge in [0.2, 0.25) is 11.8 Å². The zero-order valence-electron chi connectivity index (χ0n) is 11.6. The molecule has 3 rings (SSSR count). The number of nitrogens with one attached hydrogen (secondary N) is 1. The summed E-state index contributed by atoms with van der Waals surface area (Å²) in [7, 11) is -3.04. The van der Waals surface area contributed by atoms with Crippen molar-refractivity contribution in [2.75, 3.05) is 21.7 Å². The number of hydrogen-bond acceptors (Lipinski definition) is 4. The average molecular weight is 308 g/mol. The Morgan fingerprint density at radius 1 is 1.24 bits per heavy atom. The van der Waals surface area contributed by atoms with Crippen LogP contribution in [0.25, 0.3) is 0 Å². The van der Waals surface area contributed by atoms with Crippen LogP contribution in [0.15, 0.2) is 24.3 Å². The van der Waals surface area contributed by atoms with Crippen LogP contribution >= 0.6 is 0 Å². The lowest BCUT2D eigenvalue weighted by molar-refractivity contribution is -0.117. The lowest BCUT2D eigenvalue weighted by Gasteiger charge is -2.23. The van der Waals surface area contributed by atoms with Crippen molar-refractivity contribution in [1.29, 1.82) is 0 Å². The fourth-order valence-corrected chi connectivity index (χ4v) is 5.20. The molecular formula is C14H16N2O4S.